The number of amides is 2. The second-order valence-electron chi connectivity index (χ2n) is 10.5. The molecule has 2 aromatic heterocycles. The van der Waals surface area contributed by atoms with E-state index in [1.807, 2.05) is 11.4 Å². The van der Waals surface area contributed by atoms with Crippen molar-refractivity contribution in [2.24, 2.45) is 10.5 Å². The molecule has 0 aromatic carbocycles. The van der Waals surface area contributed by atoms with Crippen LogP contribution in [0, 0.1) is 12.3 Å². The number of thiophene rings is 2. The predicted octanol–water partition coefficient (Wildman–Crippen LogP) is 4.39. The molecule has 2 aromatic rings. The van der Waals surface area contributed by atoms with E-state index in [1.165, 1.54) is 5.56 Å². The fourth-order valence-corrected chi connectivity index (χ4v) is 6.18. The summed E-state index contributed by atoms with van der Waals surface area (Å²) in [6.45, 7) is 12.7. The number of aryl methyl sites for hydroxylation is 1. The van der Waals surface area contributed by atoms with Gasteiger partial charge in [-0.2, -0.15) is 5.10 Å². The molecule has 0 N–H and O–H groups in total. The van der Waals surface area contributed by atoms with Crippen molar-refractivity contribution >= 4 is 40.2 Å². The summed E-state index contributed by atoms with van der Waals surface area (Å²) in [5.41, 5.74) is 1.96. The van der Waals surface area contributed by atoms with Gasteiger partial charge in [0.25, 0.3) is 5.91 Å². The van der Waals surface area contributed by atoms with Gasteiger partial charge in [-0.3, -0.25) is 14.5 Å². The summed E-state index contributed by atoms with van der Waals surface area (Å²) < 4.78 is 5.45. The van der Waals surface area contributed by atoms with Crippen molar-refractivity contribution in [3.05, 3.63) is 44.3 Å². The zero-order chi connectivity index (χ0) is 25.0. The second-order valence-corrected chi connectivity index (χ2v) is 12.4. The second kappa shape index (κ2) is 11.3. The zero-order valence-electron chi connectivity index (χ0n) is 21.2. The number of hydrogen-bond donors (Lipinski definition) is 0. The van der Waals surface area contributed by atoms with Crippen molar-refractivity contribution in [3.8, 4) is 0 Å². The van der Waals surface area contributed by atoms with Gasteiger partial charge >= 0.3 is 0 Å². The highest BCUT2D eigenvalue weighted by molar-refractivity contribution is 7.12. The summed E-state index contributed by atoms with van der Waals surface area (Å²) in [6, 6.07) is 6.03. The Balaban J connectivity index is 1.53. The molecule has 1 saturated heterocycles. The summed E-state index contributed by atoms with van der Waals surface area (Å²) in [7, 11) is 0. The number of morpholine rings is 1. The van der Waals surface area contributed by atoms with Crippen molar-refractivity contribution in [2.75, 3.05) is 45.9 Å². The first-order valence-electron chi connectivity index (χ1n) is 12.3. The molecule has 2 amide bonds. The molecule has 0 aliphatic carbocycles. The molecular weight excluding hydrogens is 480 g/mol. The maximum atomic E-state index is 13.7. The molecule has 0 unspecified atom stereocenters. The van der Waals surface area contributed by atoms with Crippen LogP contribution in [0.1, 0.15) is 55.0 Å². The lowest BCUT2D eigenvalue weighted by Gasteiger charge is -2.32. The monoisotopic (exact) mass is 516 g/mol. The van der Waals surface area contributed by atoms with Crippen molar-refractivity contribution in [3.63, 3.8) is 0 Å². The lowest BCUT2D eigenvalue weighted by atomic mass is 9.91. The average Bonchev–Trinajstić information content (AvgIpc) is 3.56. The van der Waals surface area contributed by atoms with Crippen LogP contribution in [0.5, 0.6) is 0 Å². The normalized spacial score (nSPS) is 19.1. The molecule has 2 aliphatic heterocycles. The summed E-state index contributed by atoms with van der Waals surface area (Å²) in [6.07, 6.45) is 1.10. The highest BCUT2D eigenvalue weighted by Crippen LogP contribution is 2.38. The van der Waals surface area contributed by atoms with Gasteiger partial charge in [0.15, 0.2) is 0 Å². The minimum absolute atomic E-state index is 0.0182. The maximum absolute atomic E-state index is 13.7. The Kier molecular flexibility index (Phi) is 8.42. The van der Waals surface area contributed by atoms with Gasteiger partial charge in [-0.1, -0.05) is 26.8 Å². The number of ether oxygens (including phenoxy) is 1. The van der Waals surface area contributed by atoms with Crippen LogP contribution in [-0.4, -0.2) is 78.3 Å². The standard InChI is InChI=1S/C26H36N4O3S2/c1-19-7-15-35-25(19)21-16-20(22-6-5-14-34-22)27-30(21)24(32)18-29(23(31)17-26(2,3)4)9-8-28-10-12-33-13-11-28/h5-7,14-15,21H,8-13,16-18H2,1-4H3/t21-/m1/s1. The molecule has 0 saturated carbocycles. The highest BCUT2D eigenvalue weighted by atomic mass is 32.1. The average molecular weight is 517 g/mol. The molecule has 7 nitrogen and oxygen atoms in total. The Labute approximate surface area is 216 Å². The zero-order valence-corrected chi connectivity index (χ0v) is 22.8. The van der Waals surface area contributed by atoms with Crippen LogP contribution < -0.4 is 0 Å². The summed E-state index contributed by atoms with van der Waals surface area (Å²) in [5, 5.41) is 10.5. The summed E-state index contributed by atoms with van der Waals surface area (Å²) in [4.78, 5) is 33.3. The molecule has 190 valence electrons. The number of rotatable bonds is 8. The molecule has 4 rings (SSSR count). The third-order valence-corrected chi connectivity index (χ3v) is 8.37. The van der Waals surface area contributed by atoms with Gasteiger partial charge in [0.1, 0.15) is 6.54 Å². The lowest BCUT2D eigenvalue weighted by Crippen LogP contribution is -2.47. The van der Waals surface area contributed by atoms with Gasteiger partial charge in [0.05, 0.1) is 29.8 Å². The molecule has 0 spiro atoms. The third-order valence-electron chi connectivity index (χ3n) is 6.33. The van der Waals surface area contributed by atoms with Crippen LogP contribution >= 0.6 is 22.7 Å². The Morgan fingerprint density at radius 1 is 1.17 bits per heavy atom. The van der Waals surface area contributed by atoms with E-state index in [2.05, 4.69) is 50.1 Å². The van der Waals surface area contributed by atoms with Gasteiger partial charge in [0, 0.05) is 43.9 Å². The Morgan fingerprint density at radius 3 is 2.57 bits per heavy atom. The molecular formula is C26H36N4O3S2. The molecule has 9 heteroatoms. The quantitative estimate of drug-likeness (QED) is 0.522. The van der Waals surface area contributed by atoms with Crippen molar-refractivity contribution in [1.29, 1.82) is 0 Å². The van der Waals surface area contributed by atoms with Crippen LogP contribution in [0.4, 0.5) is 0 Å². The van der Waals surface area contributed by atoms with Crippen molar-refractivity contribution in [2.45, 2.75) is 46.6 Å². The van der Waals surface area contributed by atoms with E-state index in [0.717, 1.165) is 35.1 Å². The van der Waals surface area contributed by atoms with E-state index in [1.54, 1.807) is 32.6 Å². The van der Waals surface area contributed by atoms with E-state index < -0.39 is 0 Å². The van der Waals surface area contributed by atoms with E-state index in [4.69, 9.17) is 9.84 Å². The van der Waals surface area contributed by atoms with Crippen LogP contribution in [0.25, 0.3) is 0 Å². The SMILES string of the molecule is Cc1ccsc1[C@H]1CC(c2cccs2)=NN1C(=O)CN(CCN1CCOCC1)C(=O)CC(C)(C)C. The van der Waals surface area contributed by atoms with Gasteiger partial charge in [-0.25, -0.2) is 5.01 Å². The lowest BCUT2D eigenvalue weighted by molar-refractivity contribution is -0.142. The van der Waals surface area contributed by atoms with Crippen molar-refractivity contribution < 1.29 is 14.3 Å². The first-order chi connectivity index (χ1) is 16.7. The first-order valence-corrected chi connectivity index (χ1v) is 14.0. The topological polar surface area (TPSA) is 65.5 Å². The summed E-state index contributed by atoms with van der Waals surface area (Å²) >= 11 is 3.31. The Bertz CT molecular complexity index is 1040. The molecule has 1 atom stereocenters. The fourth-order valence-electron chi connectivity index (χ4n) is 4.44. The first kappa shape index (κ1) is 26.0. The smallest absolute Gasteiger partial charge is 0.262 e. The number of carbonyl (C=O) groups excluding carboxylic acids is 2. The molecule has 0 bridgehead atoms. The molecule has 4 heterocycles. The Morgan fingerprint density at radius 2 is 1.94 bits per heavy atom. The van der Waals surface area contributed by atoms with Gasteiger partial charge in [-0.15, -0.1) is 22.7 Å². The van der Waals surface area contributed by atoms with E-state index >= 15 is 0 Å². The Hall–Kier alpha value is -2.07. The molecule has 1 fully saturated rings. The van der Waals surface area contributed by atoms with Crippen LogP contribution in [0.2, 0.25) is 0 Å². The van der Waals surface area contributed by atoms with Gasteiger partial charge in [0.2, 0.25) is 5.91 Å². The largest absolute Gasteiger partial charge is 0.379 e. The van der Waals surface area contributed by atoms with Crippen LogP contribution in [0.3, 0.4) is 0 Å². The number of hydrogen-bond acceptors (Lipinski definition) is 7. The summed E-state index contributed by atoms with van der Waals surface area (Å²) in [5.74, 6) is -0.108. The third kappa shape index (κ3) is 6.78. The van der Waals surface area contributed by atoms with E-state index in [-0.39, 0.29) is 29.8 Å². The van der Waals surface area contributed by atoms with Gasteiger partial charge in [-0.05, 0) is 40.8 Å². The van der Waals surface area contributed by atoms with Gasteiger partial charge < -0.3 is 9.64 Å². The minimum atomic E-state index is -0.147. The van der Waals surface area contributed by atoms with E-state index in [0.29, 0.717) is 32.6 Å². The molecule has 2 aliphatic rings. The maximum Gasteiger partial charge on any atom is 0.262 e. The number of carbonyl (C=O) groups is 2. The molecule has 0 radical (unpaired) electrons. The molecule has 35 heavy (non-hydrogen) atoms. The van der Waals surface area contributed by atoms with Crippen LogP contribution in [0.15, 0.2) is 34.1 Å². The highest BCUT2D eigenvalue weighted by Gasteiger charge is 2.36. The van der Waals surface area contributed by atoms with E-state index in [9.17, 15) is 9.59 Å². The number of hydrazone groups is 1. The minimum Gasteiger partial charge on any atom is -0.379 e. The predicted molar refractivity (Wildman–Crippen MR) is 142 cm³/mol. The fraction of sp³-hybridized carbons (Fsp3) is 0.577. The van der Waals surface area contributed by atoms with Crippen molar-refractivity contribution in [1.82, 2.24) is 14.8 Å². The van der Waals surface area contributed by atoms with Crippen LogP contribution in [-0.2, 0) is 14.3 Å². The number of nitrogens with zero attached hydrogens (tertiary/aromatic N) is 4.